The van der Waals surface area contributed by atoms with Crippen molar-refractivity contribution in [3.8, 4) is 0 Å². The minimum atomic E-state index is 0.758. The van der Waals surface area contributed by atoms with Crippen LogP contribution in [0.3, 0.4) is 0 Å². The summed E-state index contributed by atoms with van der Waals surface area (Å²) in [5, 5.41) is 0. The van der Waals surface area contributed by atoms with Gasteiger partial charge in [-0.15, -0.1) is 0 Å². The Labute approximate surface area is 116 Å². The number of allylic oxidation sites excluding steroid dienone is 3. The van der Waals surface area contributed by atoms with E-state index in [-0.39, 0.29) is 0 Å². The van der Waals surface area contributed by atoms with Crippen molar-refractivity contribution in [2.24, 2.45) is 0 Å². The van der Waals surface area contributed by atoms with Crippen LogP contribution in [0.4, 0.5) is 0 Å². The van der Waals surface area contributed by atoms with Crippen LogP contribution in [-0.2, 0) is 6.54 Å². The first-order chi connectivity index (χ1) is 9.33. The van der Waals surface area contributed by atoms with E-state index in [1.54, 1.807) is 0 Å². The number of hydrogen-bond acceptors (Lipinski definition) is 1. The maximum absolute atomic E-state index is 3.92. The predicted octanol–water partition coefficient (Wildman–Crippen LogP) is 4.34. The molecule has 19 heavy (non-hydrogen) atoms. The second-order valence-corrected chi connectivity index (χ2v) is 5.09. The molecule has 0 N–H and O–H groups in total. The number of hydrogen-bond donors (Lipinski definition) is 0. The highest BCUT2D eigenvalue weighted by molar-refractivity contribution is 5.24. The van der Waals surface area contributed by atoms with Gasteiger partial charge in [-0.3, -0.25) is 4.90 Å². The lowest BCUT2D eigenvalue weighted by atomic mass is 10.1. The molecule has 0 spiro atoms. The second-order valence-electron chi connectivity index (χ2n) is 5.09. The van der Waals surface area contributed by atoms with E-state index in [0.717, 1.165) is 19.1 Å². The Bertz CT molecular complexity index is 452. The monoisotopic (exact) mass is 253 g/mol. The summed E-state index contributed by atoms with van der Waals surface area (Å²) in [5.41, 5.74) is 2.68. The molecule has 1 nitrogen and oxygen atoms in total. The van der Waals surface area contributed by atoms with Gasteiger partial charge in [-0.05, 0) is 30.9 Å². The molecular weight excluding hydrogens is 230 g/mol. The summed E-state index contributed by atoms with van der Waals surface area (Å²) in [6.07, 6.45) is 10.9. The minimum Gasteiger partial charge on any atom is -0.292 e. The maximum Gasteiger partial charge on any atom is 0.0240 e. The summed E-state index contributed by atoms with van der Waals surface area (Å²) in [6.45, 7) is 7.99. The first-order valence-corrected chi connectivity index (χ1v) is 7.05. The zero-order valence-electron chi connectivity index (χ0n) is 11.8. The lowest BCUT2D eigenvalue weighted by molar-refractivity contribution is 0.279. The van der Waals surface area contributed by atoms with Crippen molar-refractivity contribution >= 4 is 0 Å². The quantitative estimate of drug-likeness (QED) is 0.653. The van der Waals surface area contributed by atoms with E-state index in [1.165, 1.54) is 24.0 Å². The van der Waals surface area contributed by atoms with Crippen LogP contribution >= 0.6 is 0 Å². The van der Waals surface area contributed by atoms with Crippen molar-refractivity contribution in [1.82, 2.24) is 4.90 Å². The fourth-order valence-electron chi connectivity index (χ4n) is 2.21. The normalized spacial score (nSPS) is 16.2. The minimum absolute atomic E-state index is 0.758. The van der Waals surface area contributed by atoms with Crippen molar-refractivity contribution in [3.05, 3.63) is 72.4 Å². The highest BCUT2D eigenvalue weighted by Gasteiger charge is 2.28. The van der Waals surface area contributed by atoms with E-state index in [4.69, 9.17) is 0 Å². The molecule has 0 unspecified atom stereocenters. The Kier molecular flexibility index (Phi) is 5.17. The van der Waals surface area contributed by atoms with Gasteiger partial charge in [-0.25, -0.2) is 0 Å². The molecule has 1 heteroatoms. The third-order valence-electron chi connectivity index (χ3n) is 3.44. The highest BCUT2D eigenvalue weighted by atomic mass is 15.2. The van der Waals surface area contributed by atoms with Crippen LogP contribution in [0.1, 0.15) is 25.3 Å². The molecule has 0 radical (unpaired) electrons. The zero-order chi connectivity index (χ0) is 13.5. The van der Waals surface area contributed by atoms with Crippen LogP contribution in [-0.4, -0.2) is 17.5 Å². The summed E-state index contributed by atoms with van der Waals surface area (Å²) in [4.78, 5) is 2.56. The number of rotatable bonds is 7. The molecule has 1 fully saturated rings. The van der Waals surface area contributed by atoms with Gasteiger partial charge in [0, 0.05) is 19.1 Å². The molecule has 1 saturated carbocycles. The topological polar surface area (TPSA) is 3.24 Å². The molecule has 1 aliphatic rings. The number of nitrogens with zero attached hydrogens (tertiary/aromatic N) is 1. The Morgan fingerprint density at radius 3 is 2.63 bits per heavy atom. The van der Waals surface area contributed by atoms with Crippen LogP contribution in [0.25, 0.3) is 0 Å². The Morgan fingerprint density at radius 1 is 1.32 bits per heavy atom. The first-order valence-electron chi connectivity index (χ1n) is 7.05. The fourth-order valence-corrected chi connectivity index (χ4v) is 2.21. The van der Waals surface area contributed by atoms with Crippen molar-refractivity contribution in [3.63, 3.8) is 0 Å². The largest absolute Gasteiger partial charge is 0.292 e. The van der Waals surface area contributed by atoms with Crippen LogP contribution in [0.15, 0.2) is 66.8 Å². The second kappa shape index (κ2) is 7.10. The first kappa shape index (κ1) is 13.8. The third-order valence-corrected chi connectivity index (χ3v) is 3.44. The summed E-state index contributed by atoms with van der Waals surface area (Å²) >= 11 is 0. The molecule has 0 saturated heterocycles. The summed E-state index contributed by atoms with van der Waals surface area (Å²) < 4.78 is 0. The Hall–Kier alpha value is -1.60. The summed E-state index contributed by atoms with van der Waals surface area (Å²) in [7, 11) is 0. The van der Waals surface area contributed by atoms with Crippen LogP contribution < -0.4 is 0 Å². The Morgan fingerprint density at radius 2 is 2.05 bits per heavy atom. The average Bonchev–Trinajstić information content (AvgIpc) is 3.28. The molecule has 1 aromatic carbocycles. The van der Waals surface area contributed by atoms with Crippen LogP contribution in [0, 0.1) is 0 Å². The molecule has 2 rings (SSSR count). The molecule has 1 aromatic rings. The highest BCUT2D eigenvalue weighted by Crippen LogP contribution is 2.29. The van der Waals surface area contributed by atoms with E-state index in [2.05, 4.69) is 60.0 Å². The van der Waals surface area contributed by atoms with Crippen LogP contribution in [0.2, 0.25) is 0 Å². The van der Waals surface area contributed by atoms with Crippen molar-refractivity contribution < 1.29 is 0 Å². The summed E-state index contributed by atoms with van der Waals surface area (Å²) in [5.74, 6) is 0. The molecule has 1 aliphatic carbocycles. The van der Waals surface area contributed by atoms with Crippen molar-refractivity contribution in [2.75, 3.05) is 6.54 Å². The molecular formula is C18H23N. The van der Waals surface area contributed by atoms with Gasteiger partial charge in [-0.2, -0.15) is 0 Å². The van der Waals surface area contributed by atoms with E-state index in [9.17, 15) is 0 Å². The standard InChI is InChI=1S/C18H23N/c1-3-5-9-16(4-2)14-19(18-12-13-18)15-17-10-7-6-8-11-17/h3-11,18H,2,12-15H2,1H3/b5-3-,16-9+. The fraction of sp³-hybridized carbons (Fsp3) is 0.333. The lowest BCUT2D eigenvalue weighted by Crippen LogP contribution is -2.27. The predicted molar refractivity (Wildman–Crippen MR) is 83.0 cm³/mol. The van der Waals surface area contributed by atoms with Gasteiger partial charge in [0.1, 0.15) is 0 Å². The molecule has 0 atom stereocenters. The van der Waals surface area contributed by atoms with E-state index in [1.807, 2.05) is 13.0 Å². The molecule has 100 valence electrons. The smallest absolute Gasteiger partial charge is 0.0240 e. The molecule has 0 aliphatic heterocycles. The zero-order valence-corrected chi connectivity index (χ0v) is 11.8. The molecule has 0 aromatic heterocycles. The molecule has 0 bridgehead atoms. The molecule has 0 amide bonds. The van der Waals surface area contributed by atoms with Gasteiger partial charge in [0.25, 0.3) is 0 Å². The Balaban J connectivity index is 2.02. The van der Waals surface area contributed by atoms with Crippen molar-refractivity contribution in [2.45, 2.75) is 32.4 Å². The van der Waals surface area contributed by atoms with Crippen molar-refractivity contribution in [1.29, 1.82) is 0 Å². The van der Waals surface area contributed by atoms with E-state index < -0.39 is 0 Å². The van der Waals surface area contributed by atoms with Gasteiger partial charge in [0.05, 0.1) is 0 Å². The SMILES string of the molecule is C=C/C(=C\C=C/C)CN(Cc1ccccc1)C1CC1. The van der Waals surface area contributed by atoms with Gasteiger partial charge >= 0.3 is 0 Å². The maximum atomic E-state index is 3.92. The van der Waals surface area contributed by atoms with Gasteiger partial charge in [0.2, 0.25) is 0 Å². The van der Waals surface area contributed by atoms with E-state index >= 15 is 0 Å². The third kappa shape index (κ3) is 4.53. The van der Waals surface area contributed by atoms with Gasteiger partial charge < -0.3 is 0 Å². The lowest BCUT2D eigenvalue weighted by Gasteiger charge is -2.22. The number of benzene rings is 1. The summed E-state index contributed by atoms with van der Waals surface area (Å²) in [6, 6.07) is 11.5. The molecule has 0 heterocycles. The average molecular weight is 253 g/mol. The van der Waals surface area contributed by atoms with Gasteiger partial charge in [0.15, 0.2) is 0 Å². The van der Waals surface area contributed by atoms with E-state index in [0.29, 0.717) is 0 Å². The van der Waals surface area contributed by atoms with Crippen LogP contribution in [0.5, 0.6) is 0 Å². The van der Waals surface area contributed by atoms with Gasteiger partial charge in [-0.1, -0.05) is 61.2 Å².